The van der Waals surface area contributed by atoms with Crippen molar-refractivity contribution in [1.29, 1.82) is 0 Å². The summed E-state index contributed by atoms with van der Waals surface area (Å²) in [5.41, 5.74) is 2.55. The lowest BCUT2D eigenvalue weighted by atomic mass is 9.95. The predicted octanol–water partition coefficient (Wildman–Crippen LogP) is 5.56. The third kappa shape index (κ3) is 5.52. The predicted molar refractivity (Wildman–Crippen MR) is 116 cm³/mol. The molecule has 0 unspecified atom stereocenters. The summed E-state index contributed by atoms with van der Waals surface area (Å²) in [6, 6.07) is 5.50. The Kier molecular flexibility index (Phi) is 7.56. The van der Waals surface area contributed by atoms with Gasteiger partial charge in [-0.2, -0.15) is 0 Å². The molecule has 0 spiro atoms. The molecule has 1 aliphatic rings. The zero-order valence-electron chi connectivity index (χ0n) is 16.8. The third-order valence-electron chi connectivity index (χ3n) is 4.85. The van der Waals surface area contributed by atoms with Gasteiger partial charge in [-0.25, -0.2) is 4.79 Å². The number of halogens is 1. The number of carbonyl (C=O) groups excluding carboxylic acids is 2. The molecule has 1 N–H and O–H groups in total. The molecule has 0 saturated carbocycles. The first-order valence-electron chi connectivity index (χ1n) is 10.00. The number of carbonyl (C=O) groups is 2. The summed E-state index contributed by atoms with van der Waals surface area (Å²) in [5, 5.41) is 4.25. The van der Waals surface area contributed by atoms with Gasteiger partial charge < -0.3 is 14.8 Å². The SMILES string of the molecule is CCOC(=O)c1c(NC(=O)CCCOc2ccc(Cl)c(C)c2)sc2c1CCCC2. The van der Waals surface area contributed by atoms with Crippen molar-refractivity contribution in [2.45, 2.75) is 52.4 Å². The van der Waals surface area contributed by atoms with Crippen LogP contribution in [0.5, 0.6) is 5.75 Å². The van der Waals surface area contributed by atoms with Gasteiger partial charge in [0, 0.05) is 16.3 Å². The van der Waals surface area contributed by atoms with Gasteiger partial charge in [-0.1, -0.05) is 11.6 Å². The fourth-order valence-electron chi connectivity index (χ4n) is 3.39. The van der Waals surface area contributed by atoms with Crippen molar-refractivity contribution >= 4 is 39.8 Å². The molecule has 0 aliphatic heterocycles. The monoisotopic (exact) mass is 435 g/mol. The molecule has 3 rings (SSSR count). The van der Waals surface area contributed by atoms with E-state index in [0.29, 0.717) is 41.6 Å². The van der Waals surface area contributed by atoms with Crippen molar-refractivity contribution in [2.24, 2.45) is 0 Å². The molecule has 1 aromatic heterocycles. The van der Waals surface area contributed by atoms with E-state index in [1.54, 1.807) is 13.0 Å². The Hall–Kier alpha value is -2.05. The van der Waals surface area contributed by atoms with Gasteiger partial charge in [0.15, 0.2) is 0 Å². The standard InChI is InChI=1S/C22H26ClNO4S/c1-3-27-22(26)20-16-7-4-5-8-18(16)29-21(20)24-19(25)9-6-12-28-15-10-11-17(23)14(2)13-15/h10-11,13H,3-9,12H2,1-2H3,(H,24,25). The largest absolute Gasteiger partial charge is 0.494 e. The summed E-state index contributed by atoms with van der Waals surface area (Å²) >= 11 is 7.52. The lowest BCUT2D eigenvalue weighted by Gasteiger charge is -2.12. The summed E-state index contributed by atoms with van der Waals surface area (Å²) in [6.45, 7) is 4.46. The normalized spacial score (nSPS) is 12.9. The number of hydrogen-bond acceptors (Lipinski definition) is 5. The summed E-state index contributed by atoms with van der Waals surface area (Å²) in [6.07, 6.45) is 4.89. The fourth-order valence-corrected chi connectivity index (χ4v) is 4.80. The van der Waals surface area contributed by atoms with Crippen molar-refractivity contribution in [1.82, 2.24) is 0 Å². The first-order valence-corrected chi connectivity index (χ1v) is 11.2. The van der Waals surface area contributed by atoms with Gasteiger partial charge in [-0.3, -0.25) is 4.79 Å². The van der Waals surface area contributed by atoms with Crippen molar-refractivity contribution in [2.75, 3.05) is 18.5 Å². The van der Waals surface area contributed by atoms with Crippen LogP contribution < -0.4 is 10.1 Å². The van der Waals surface area contributed by atoms with E-state index in [1.807, 2.05) is 19.1 Å². The molecule has 7 heteroatoms. The molecule has 0 radical (unpaired) electrons. The number of fused-ring (bicyclic) bond motifs is 1. The molecule has 0 saturated heterocycles. The average Bonchev–Trinajstić information content (AvgIpc) is 3.06. The third-order valence-corrected chi connectivity index (χ3v) is 6.48. The van der Waals surface area contributed by atoms with E-state index in [-0.39, 0.29) is 11.9 Å². The number of thiophene rings is 1. The Morgan fingerprint density at radius 1 is 1.24 bits per heavy atom. The van der Waals surface area contributed by atoms with Crippen LogP contribution in [0, 0.1) is 6.92 Å². The molecule has 0 atom stereocenters. The second kappa shape index (κ2) is 10.1. The second-order valence-electron chi connectivity index (χ2n) is 7.05. The van der Waals surface area contributed by atoms with Gasteiger partial charge in [0.2, 0.25) is 5.91 Å². The number of amides is 1. The van der Waals surface area contributed by atoms with Crippen LogP contribution >= 0.6 is 22.9 Å². The van der Waals surface area contributed by atoms with Crippen LogP contribution in [0.15, 0.2) is 18.2 Å². The van der Waals surface area contributed by atoms with E-state index >= 15 is 0 Å². The Bertz CT molecular complexity index is 893. The lowest BCUT2D eigenvalue weighted by molar-refractivity contribution is -0.116. The van der Waals surface area contributed by atoms with Crippen LogP contribution in [0.1, 0.15) is 59.0 Å². The lowest BCUT2D eigenvalue weighted by Crippen LogP contribution is -2.16. The van der Waals surface area contributed by atoms with Crippen molar-refractivity contribution in [3.8, 4) is 5.75 Å². The summed E-state index contributed by atoms with van der Waals surface area (Å²) in [4.78, 5) is 26.1. The van der Waals surface area contributed by atoms with E-state index < -0.39 is 0 Å². The molecule has 0 bridgehead atoms. The van der Waals surface area contributed by atoms with E-state index in [2.05, 4.69) is 5.32 Å². The van der Waals surface area contributed by atoms with E-state index in [4.69, 9.17) is 21.1 Å². The Balaban J connectivity index is 1.56. The Morgan fingerprint density at radius 2 is 2.03 bits per heavy atom. The highest BCUT2D eigenvalue weighted by Gasteiger charge is 2.27. The van der Waals surface area contributed by atoms with Crippen LogP contribution in [-0.4, -0.2) is 25.1 Å². The summed E-state index contributed by atoms with van der Waals surface area (Å²) in [7, 11) is 0. The Labute approximate surface area is 180 Å². The second-order valence-corrected chi connectivity index (χ2v) is 8.56. The number of hydrogen-bond donors (Lipinski definition) is 1. The number of esters is 1. The van der Waals surface area contributed by atoms with Crippen LogP contribution in [0.25, 0.3) is 0 Å². The molecule has 29 heavy (non-hydrogen) atoms. The molecule has 5 nitrogen and oxygen atoms in total. The van der Waals surface area contributed by atoms with Gasteiger partial charge in [0.05, 0.1) is 18.8 Å². The first-order chi connectivity index (χ1) is 14.0. The molecular weight excluding hydrogens is 410 g/mol. The zero-order valence-corrected chi connectivity index (χ0v) is 18.4. The molecule has 2 aromatic rings. The van der Waals surface area contributed by atoms with Crippen molar-refractivity contribution in [3.63, 3.8) is 0 Å². The summed E-state index contributed by atoms with van der Waals surface area (Å²) in [5.74, 6) is 0.275. The van der Waals surface area contributed by atoms with E-state index in [0.717, 1.165) is 42.6 Å². The van der Waals surface area contributed by atoms with Crippen LogP contribution in [0.4, 0.5) is 5.00 Å². The summed E-state index contributed by atoms with van der Waals surface area (Å²) < 4.78 is 10.9. The van der Waals surface area contributed by atoms with Crippen molar-refractivity contribution in [3.05, 3.63) is 44.8 Å². The van der Waals surface area contributed by atoms with Gasteiger partial charge in [0.1, 0.15) is 10.8 Å². The smallest absolute Gasteiger partial charge is 0.341 e. The highest BCUT2D eigenvalue weighted by atomic mass is 35.5. The maximum absolute atomic E-state index is 12.5. The highest BCUT2D eigenvalue weighted by molar-refractivity contribution is 7.17. The number of anilines is 1. The molecule has 156 valence electrons. The van der Waals surface area contributed by atoms with Crippen LogP contribution in [0.3, 0.4) is 0 Å². The molecule has 1 amide bonds. The number of benzene rings is 1. The van der Waals surface area contributed by atoms with Gasteiger partial charge in [-0.15, -0.1) is 11.3 Å². The highest BCUT2D eigenvalue weighted by Crippen LogP contribution is 2.38. The zero-order chi connectivity index (χ0) is 20.8. The minimum Gasteiger partial charge on any atom is -0.494 e. The topological polar surface area (TPSA) is 64.6 Å². The number of rotatable bonds is 8. The molecule has 1 heterocycles. The maximum Gasteiger partial charge on any atom is 0.341 e. The molecule has 0 fully saturated rings. The fraction of sp³-hybridized carbons (Fsp3) is 0.455. The quantitative estimate of drug-likeness (QED) is 0.435. The van der Waals surface area contributed by atoms with Crippen molar-refractivity contribution < 1.29 is 19.1 Å². The van der Waals surface area contributed by atoms with Gasteiger partial charge >= 0.3 is 5.97 Å². The minimum absolute atomic E-state index is 0.120. The van der Waals surface area contributed by atoms with Gasteiger partial charge in [0.25, 0.3) is 0 Å². The van der Waals surface area contributed by atoms with Crippen LogP contribution in [0.2, 0.25) is 5.02 Å². The minimum atomic E-state index is -0.344. The Morgan fingerprint density at radius 3 is 2.79 bits per heavy atom. The molecule has 1 aromatic carbocycles. The average molecular weight is 436 g/mol. The first kappa shape index (κ1) is 21.7. The number of nitrogens with one attached hydrogen (secondary N) is 1. The maximum atomic E-state index is 12.5. The molecule has 1 aliphatic carbocycles. The van der Waals surface area contributed by atoms with E-state index in [1.165, 1.54) is 16.2 Å². The van der Waals surface area contributed by atoms with Crippen LogP contribution in [-0.2, 0) is 22.4 Å². The number of aryl methyl sites for hydroxylation is 2. The van der Waals surface area contributed by atoms with Gasteiger partial charge in [-0.05, 0) is 75.3 Å². The number of ether oxygens (including phenoxy) is 2. The van der Waals surface area contributed by atoms with E-state index in [9.17, 15) is 9.59 Å². The molecular formula is C22H26ClNO4S.